The van der Waals surface area contributed by atoms with E-state index in [2.05, 4.69) is 10.0 Å². The molecule has 6 nitrogen and oxygen atoms in total. The number of ether oxygens (including phenoxy) is 2. The lowest BCUT2D eigenvalue weighted by Gasteiger charge is -2.31. The second-order valence-electron chi connectivity index (χ2n) is 8.96. The Bertz CT molecular complexity index is 714. The maximum absolute atomic E-state index is 12.3. The summed E-state index contributed by atoms with van der Waals surface area (Å²) in [6.07, 6.45) is 5.00. The first-order valence-electron chi connectivity index (χ1n) is 10.3. The predicted octanol–water partition coefficient (Wildman–Crippen LogP) is 3.54. The number of anilines is 1. The molecule has 1 saturated carbocycles. The van der Waals surface area contributed by atoms with E-state index in [4.69, 9.17) is 9.47 Å². The minimum atomic E-state index is -3.27. The van der Waals surface area contributed by atoms with E-state index in [9.17, 15) is 8.42 Å². The Morgan fingerprint density at radius 2 is 1.75 bits per heavy atom. The molecule has 1 atom stereocenters. The minimum Gasteiger partial charge on any atom is -0.488 e. The van der Waals surface area contributed by atoms with Gasteiger partial charge in [0.05, 0.1) is 18.0 Å². The average molecular weight is 411 g/mol. The van der Waals surface area contributed by atoms with E-state index < -0.39 is 14.8 Å². The highest BCUT2D eigenvalue weighted by Crippen LogP contribution is 2.27. The third-order valence-electron chi connectivity index (χ3n) is 5.61. The van der Waals surface area contributed by atoms with E-state index in [1.807, 2.05) is 24.3 Å². The highest BCUT2D eigenvalue weighted by molar-refractivity contribution is 7.90. The Morgan fingerprint density at radius 3 is 2.32 bits per heavy atom. The van der Waals surface area contributed by atoms with Crippen molar-refractivity contribution in [2.24, 2.45) is 5.92 Å². The minimum absolute atomic E-state index is 0.0662. The molecule has 1 aromatic carbocycles. The molecule has 0 amide bonds. The zero-order chi connectivity index (χ0) is 20.2. The monoisotopic (exact) mass is 410 g/mol. The van der Waals surface area contributed by atoms with Crippen molar-refractivity contribution in [3.63, 3.8) is 0 Å². The van der Waals surface area contributed by atoms with Gasteiger partial charge >= 0.3 is 0 Å². The van der Waals surface area contributed by atoms with Crippen molar-refractivity contribution >= 4 is 15.7 Å². The molecule has 1 aliphatic carbocycles. The normalized spacial score (nSPS) is 26.2. The summed E-state index contributed by atoms with van der Waals surface area (Å²) in [6, 6.07) is 8.16. The van der Waals surface area contributed by atoms with Crippen LogP contribution in [-0.4, -0.2) is 45.1 Å². The van der Waals surface area contributed by atoms with Gasteiger partial charge in [-0.15, -0.1) is 0 Å². The molecule has 1 saturated heterocycles. The van der Waals surface area contributed by atoms with Gasteiger partial charge in [-0.1, -0.05) is 0 Å². The summed E-state index contributed by atoms with van der Waals surface area (Å²) < 4.78 is 38.0. The lowest BCUT2D eigenvalue weighted by atomic mass is 9.86. The fraction of sp³-hybridized carbons (Fsp3) is 0.714. The molecule has 1 heterocycles. The van der Waals surface area contributed by atoms with E-state index >= 15 is 0 Å². The van der Waals surface area contributed by atoms with Crippen LogP contribution in [0.4, 0.5) is 5.69 Å². The number of sulfonamides is 1. The second kappa shape index (κ2) is 9.01. The average Bonchev–Trinajstić information content (AvgIpc) is 3.14. The van der Waals surface area contributed by atoms with Crippen LogP contribution in [0, 0.1) is 5.92 Å². The molecule has 2 fully saturated rings. The first kappa shape index (κ1) is 21.4. The van der Waals surface area contributed by atoms with Gasteiger partial charge in [0, 0.05) is 24.7 Å². The zero-order valence-electron chi connectivity index (χ0n) is 17.2. The summed E-state index contributed by atoms with van der Waals surface area (Å²) in [5, 5.41) is 3.50. The van der Waals surface area contributed by atoms with Crippen molar-refractivity contribution in [2.45, 2.75) is 69.8 Å². The molecule has 0 spiro atoms. The molecule has 1 aliphatic heterocycles. The van der Waals surface area contributed by atoms with Gasteiger partial charge in [0.2, 0.25) is 10.0 Å². The van der Waals surface area contributed by atoms with Crippen LogP contribution in [0.15, 0.2) is 24.3 Å². The SMILES string of the molecule is CC(C)(C)S(=O)(=O)N[C@H]1CC[C@H](CNc2ccc(OC3CCOC3)cc2)CC1. The van der Waals surface area contributed by atoms with Crippen LogP contribution in [0.25, 0.3) is 0 Å². The fourth-order valence-corrected chi connectivity index (χ4v) is 4.62. The Balaban J connectivity index is 1.39. The van der Waals surface area contributed by atoms with Gasteiger partial charge in [0.15, 0.2) is 0 Å². The molecule has 3 rings (SSSR count). The number of nitrogens with one attached hydrogen (secondary N) is 2. The number of hydrogen-bond donors (Lipinski definition) is 2. The van der Waals surface area contributed by atoms with Crippen molar-refractivity contribution in [1.82, 2.24) is 4.72 Å². The molecule has 2 N–H and O–H groups in total. The smallest absolute Gasteiger partial charge is 0.216 e. The van der Waals surface area contributed by atoms with Crippen molar-refractivity contribution in [2.75, 3.05) is 25.1 Å². The fourth-order valence-electron chi connectivity index (χ4n) is 3.59. The molecule has 1 unspecified atom stereocenters. The number of hydrogen-bond acceptors (Lipinski definition) is 5. The maximum atomic E-state index is 12.3. The molecule has 0 aromatic heterocycles. The van der Waals surface area contributed by atoms with Crippen LogP contribution in [0.5, 0.6) is 5.75 Å². The molecule has 158 valence electrons. The van der Waals surface area contributed by atoms with Crippen molar-refractivity contribution < 1.29 is 17.9 Å². The summed E-state index contributed by atoms with van der Waals surface area (Å²) in [6.45, 7) is 7.59. The van der Waals surface area contributed by atoms with E-state index in [1.54, 1.807) is 20.8 Å². The summed E-state index contributed by atoms with van der Waals surface area (Å²) in [4.78, 5) is 0. The van der Waals surface area contributed by atoms with Crippen LogP contribution in [0.1, 0.15) is 52.9 Å². The highest BCUT2D eigenvalue weighted by Gasteiger charge is 2.32. The van der Waals surface area contributed by atoms with Crippen molar-refractivity contribution in [1.29, 1.82) is 0 Å². The van der Waals surface area contributed by atoms with Gasteiger partial charge in [-0.2, -0.15) is 0 Å². The molecule has 0 radical (unpaired) electrons. The topological polar surface area (TPSA) is 76.7 Å². The van der Waals surface area contributed by atoms with Crippen LogP contribution in [0.3, 0.4) is 0 Å². The standard InChI is InChI=1S/C21H34N2O4S/c1-21(2,3)28(24,25)23-18-6-4-16(5-7-18)14-22-17-8-10-19(11-9-17)27-20-12-13-26-15-20/h8-11,16,18,20,22-23H,4-7,12-15H2,1-3H3/t16-,18-,20?. The molecular formula is C21H34N2O4S. The third kappa shape index (κ3) is 5.84. The van der Waals surface area contributed by atoms with Crippen molar-refractivity contribution in [3.05, 3.63) is 24.3 Å². The van der Waals surface area contributed by atoms with Crippen LogP contribution in [0.2, 0.25) is 0 Å². The number of benzene rings is 1. The summed E-state index contributed by atoms with van der Waals surface area (Å²) >= 11 is 0. The van der Waals surface area contributed by atoms with Crippen LogP contribution in [-0.2, 0) is 14.8 Å². The van der Waals surface area contributed by atoms with Crippen molar-refractivity contribution in [3.8, 4) is 5.75 Å². The summed E-state index contributed by atoms with van der Waals surface area (Å²) in [7, 11) is -3.27. The second-order valence-corrected chi connectivity index (χ2v) is 11.4. The quantitative estimate of drug-likeness (QED) is 0.719. The van der Waals surface area contributed by atoms with E-state index in [1.165, 1.54) is 0 Å². The zero-order valence-corrected chi connectivity index (χ0v) is 18.1. The largest absolute Gasteiger partial charge is 0.488 e. The van der Waals surface area contributed by atoms with Gasteiger partial charge in [-0.3, -0.25) is 0 Å². The van der Waals surface area contributed by atoms with Gasteiger partial charge in [-0.25, -0.2) is 13.1 Å². The Labute approximate surface area is 169 Å². The molecular weight excluding hydrogens is 376 g/mol. The summed E-state index contributed by atoms with van der Waals surface area (Å²) in [5.74, 6) is 1.45. The third-order valence-corrected chi connectivity index (χ3v) is 7.87. The van der Waals surface area contributed by atoms with Gasteiger partial charge < -0.3 is 14.8 Å². The molecule has 2 aliphatic rings. The lowest BCUT2D eigenvalue weighted by molar-refractivity contribution is 0.141. The first-order valence-corrected chi connectivity index (χ1v) is 11.8. The Morgan fingerprint density at radius 1 is 1.07 bits per heavy atom. The van der Waals surface area contributed by atoms with Gasteiger partial charge in [0.1, 0.15) is 11.9 Å². The van der Waals surface area contributed by atoms with E-state index in [0.29, 0.717) is 12.5 Å². The number of rotatable bonds is 7. The molecule has 0 bridgehead atoms. The highest BCUT2D eigenvalue weighted by atomic mass is 32.2. The van der Waals surface area contributed by atoms with E-state index in [-0.39, 0.29) is 12.1 Å². The Kier molecular flexibility index (Phi) is 6.89. The lowest BCUT2D eigenvalue weighted by Crippen LogP contribution is -2.46. The summed E-state index contributed by atoms with van der Waals surface area (Å²) in [5.41, 5.74) is 1.09. The Hall–Kier alpha value is -1.31. The molecule has 7 heteroatoms. The van der Waals surface area contributed by atoms with Crippen LogP contribution >= 0.6 is 0 Å². The van der Waals surface area contributed by atoms with Gasteiger partial charge in [0.25, 0.3) is 0 Å². The van der Waals surface area contributed by atoms with E-state index in [0.717, 1.165) is 56.7 Å². The predicted molar refractivity (Wildman–Crippen MR) is 112 cm³/mol. The van der Waals surface area contributed by atoms with Crippen LogP contribution < -0.4 is 14.8 Å². The van der Waals surface area contributed by atoms with Gasteiger partial charge in [-0.05, 0) is 76.6 Å². The first-order chi connectivity index (χ1) is 13.2. The maximum Gasteiger partial charge on any atom is 0.216 e. The molecule has 28 heavy (non-hydrogen) atoms. The molecule has 1 aromatic rings.